The van der Waals surface area contributed by atoms with Crippen LogP contribution >= 0.6 is 15.9 Å². The Bertz CT molecular complexity index is 621. The normalized spacial score (nSPS) is 12.1. The predicted molar refractivity (Wildman–Crippen MR) is 75.5 cm³/mol. The summed E-state index contributed by atoms with van der Waals surface area (Å²) < 4.78 is 24.2. The minimum atomic E-state index is -1.02. The molecule has 0 radical (unpaired) electrons. The molecule has 0 saturated carbocycles. The van der Waals surface area contributed by atoms with Crippen molar-refractivity contribution in [1.82, 2.24) is 4.98 Å². The highest BCUT2D eigenvalue weighted by molar-refractivity contribution is 9.10. The van der Waals surface area contributed by atoms with E-state index in [2.05, 4.69) is 20.9 Å². The van der Waals surface area contributed by atoms with Gasteiger partial charge in [0.15, 0.2) is 11.5 Å². The fourth-order valence-electron chi connectivity index (χ4n) is 1.84. The number of aliphatic hydroxyl groups is 1. The first kappa shape index (κ1) is 14.7. The van der Waals surface area contributed by atoms with Crippen molar-refractivity contribution in [3.63, 3.8) is 0 Å². The van der Waals surface area contributed by atoms with E-state index in [0.717, 1.165) is 6.20 Å². The van der Waals surface area contributed by atoms with Crippen LogP contribution in [0.1, 0.15) is 17.2 Å². The van der Waals surface area contributed by atoms with Crippen molar-refractivity contribution in [2.24, 2.45) is 0 Å². The van der Waals surface area contributed by atoms with E-state index in [-0.39, 0.29) is 0 Å². The van der Waals surface area contributed by atoms with E-state index in [1.807, 2.05) is 0 Å². The first-order valence-corrected chi connectivity index (χ1v) is 6.56. The van der Waals surface area contributed by atoms with Gasteiger partial charge in [0.25, 0.3) is 0 Å². The second-order valence-electron chi connectivity index (χ2n) is 4.07. The monoisotopic (exact) mass is 341 g/mol. The molecule has 1 aromatic heterocycles. The summed E-state index contributed by atoms with van der Waals surface area (Å²) in [6.07, 6.45) is 1.48. The number of benzene rings is 1. The molecule has 0 aliphatic heterocycles. The maximum atomic E-state index is 13.2. The summed E-state index contributed by atoms with van der Waals surface area (Å²) in [5, 5.41) is 10.3. The van der Waals surface area contributed by atoms with Crippen LogP contribution in [0.2, 0.25) is 0 Å². The van der Waals surface area contributed by atoms with E-state index in [1.165, 1.54) is 26.5 Å². The molecule has 6 heteroatoms. The van der Waals surface area contributed by atoms with Crippen LogP contribution in [0.5, 0.6) is 11.5 Å². The average molecular weight is 342 g/mol. The zero-order valence-corrected chi connectivity index (χ0v) is 12.5. The summed E-state index contributed by atoms with van der Waals surface area (Å²) in [5.74, 6) is 0.514. The zero-order chi connectivity index (χ0) is 14.7. The molecular formula is C14H13BrFNO3. The molecule has 0 saturated heterocycles. The maximum absolute atomic E-state index is 13.2. The van der Waals surface area contributed by atoms with Crippen molar-refractivity contribution in [1.29, 1.82) is 0 Å². The van der Waals surface area contributed by atoms with Gasteiger partial charge in [-0.15, -0.1) is 0 Å². The first-order valence-electron chi connectivity index (χ1n) is 5.76. The Morgan fingerprint density at radius 1 is 1.15 bits per heavy atom. The molecule has 1 unspecified atom stereocenters. The van der Waals surface area contributed by atoms with E-state index < -0.39 is 11.9 Å². The Kier molecular flexibility index (Phi) is 4.57. The zero-order valence-electron chi connectivity index (χ0n) is 10.9. The lowest BCUT2D eigenvalue weighted by atomic mass is 10.0. The highest BCUT2D eigenvalue weighted by Gasteiger charge is 2.18. The lowest BCUT2D eigenvalue weighted by molar-refractivity contribution is 0.217. The van der Waals surface area contributed by atoms with Gasteiger partial charge in [-0.3, -0.25) is 4.98 Å². The summed E-state index contributed by atoms with van der Waals surface area (Å²) in [7, 11) is 3.03. The smallest absolute Gasteiger partial charge is 0.161 e. The molecule has 0 aliphatic carbocycles. The molecule has 1 aromatic carbocycles. The number of rotatable bonds is 4. The highest BCUT2D eigenvalue weighted by Crippen LogP contribution is 2.37. The van der Waals surface area contributed by atoms with Crippen LogP contribution in [0, 0.1) is 5.82 Å². The molecule has 0 amide bonds. The van der Waals surface area contributed by atoms with Crippen molar-refractivity contribution in [2.75, 3.05) is 14.2 Å². The molecule has 2 rings (SSSR count). The van der Waals surface area contributed by atoms with Gasteiger partial charge in [-0.2, -0.15) is 0 Å². The maximum Gasteiger partial charge on any atom is 0.161 e. The number of halogens is 2. The van der Waals surface area contributed by atoms with Crippen LogP contribution in [0.25, 0.3) is 0 Å². The molecule has 4 nitrogen and oxygen atoms in total. The second-order valence-corrected chi connectivity index (χ2v) is 4.92. The molecule has 106 valence electrons. The fourth-order valence-corrected chi connectivity index (χ4v) is 2.38. The van der Waals surface area contributed by atoms with E-state index in [0.29, 0.717) is 27.1 Å². The molecule has 1 atom stereocenters. The third kappa shape index (κ3) is 2.91. The fraction of sp³-hybridized carbons (Fsp3) is 0.214. The van der Waals surface area contributed by atoms with Gasteiger partial charge in [-0.1, -0.05) is 15.9 Å². The van der Waals surface area contributed by atoms with E-state index in [1.54, 1.807) is 12.1 Å². The molecule has 0 spiro atoms. The van der Waals surface area contributed by atoms with Crippen molar-refractivity contribution < 1.29 is 19.0 Å². The topological polar surface area (TPSA) is 51.6 Å². The van der Waals surface area contributed by atoms with E-state index in [4.69, 9.17) is 9.47 Å². The quantitative estimate of drug-likeness (QED) is 0.928. The highest BCUT2D eigenvalue weighted by atomic mass is 79.9. The summed E-state index contributed by atoms with van der Waals surface area (Å²) in [6.45, 7) is 0. The van der Waals surface area contributed by atoms with Crippen LogP contribution in [0.15, 0.2) is 35.1 Å². The number of nitrogens with zero attached hydrogens (tertiary/aromatic N) is 1. The van der Waals surface area contributed by atoms with Crippen molar-refractivity contribution >= 4 is 15.9 Å². The molecule has 20 heavy (non-hydrogen) atoms. The summed E-state index contributed by atoms with van der Waals surface area (Å²) >= 11 is 3.36. The van der Waals surface area contributed by atoms with Crippen molar-refractivity contribution in [2.45, 2.75) is 6.10 Å². The lowest BCUT2D eigenvalue weighted by Crippen LogP contribution is -2.03. The van der Waals surface area contributed by atoms with Gasteiger partial charge in [-0.05, 0) is 18.2 Å². The minimum Gasteiger partial charge on any atom is -0.493 e. The van der Waals surface area contributed by atoms with Gasteiger partial charge in [0.1, 0.15) is 11.9 Å². The summed E-state index contributed by atoms with van der Waals surface area (Å²) in [6, 6.07) is 4.56. The molecule has 2 aromatic rings. The Labute approximate surface area is 124 Å². The van der Waals surface area contributed by atoms with Crippen molar-refractivity contribution in [3.8, 4) is 11.5 Å². The third-order valence-corrected chi connectivity index (χ3v) is 3.53. The Morgan fingerprint density at radius 2 is 1.80 bits per heavy atom. The second kappa shape index (κ2) is 6.19. The van der Waals surface area contributed by atoms with Gasteiger partial charge < -0.3 is 14.6 Å². The molecule has 1 N–H and O–H groups in total. The van der Waals surface area contributed by atoms with Crippen LogP contribution in [0.3, 0.4) is 0 Å². The number of aliphatic hydroxyl groups excluding tert-OH is 1. The number of ether oxygens (including phenoxy) is 2. The predicted octanol–water partition coefficient (Wildman–Crippen LogP) is 3.08. The Morgan fingerprint density at radius 3 is 2.40 bits per heavy atom. The summed E-state index contributed by atoms with van der Waals surface area (Å²) in [5.41, 5.74) is 0.896. The third-order valence-electron chi connectivity index (χ3n) is 2.84. The number of methoxy groups -OCH3 is 2. The van der Waals surface area contributed by atoms with Crippen LogP contribution in [0.4, 0.5) is 4.39 Å². The largest absolute Gasteiger partial charge is 0.493 e. The first-order chi connectivity index (χ1) is 9.56. The summed E-state index contributed by atoms with van der Waals surface area (Å²) in [4.78, 5) is 3.73. The number of hydrogen-bond donors (Lipinski definition) is 1. The van der Waals surface area contributed by atoms with E-state index >= 15 is 0 Å². The molecular weight excluding hydrogens is 329 g/mol. The van der Waals surface area contributed by atoms with E-state index in [9.17, 15) is 9.50 Å². The van der Waals surface area contributed by atoms with Gasteiger partial charge in [0.2, 0.25) is 0 Å². The number of pyridine rings is 1. The van der Waals surface area contributed by atoms with Crippen LogP contribution in [-0.4, -0.2) is 24.3 Å². The molecule has 0 fully saturated rings. The van der Waals surface area contributed by atoms with Crippen LogP contribution < -0.4 is 9.47 Å². The molecule has 0 aliphatic rings. The molecule has 1 heterocycles. The van der Waals surface area contributed by atoms with Gasteiger partial charge in [0.05, 0.1) is 20.4 Å². The molecule has 0 bridgehead atoms. The minimum absolute atomic E-state index is 0.359. The van der Waals surface area contributed by atoms with Crippen LogP contribution in [-0.2, 0) is 0 Å². The lowest BCUT2D eigenvalue weighted by Gasteiger charge is -2.16. The van der Waals surface area contributed by atoms with Gasteiger partial charge in [-0.25, -0.2) is 4.39 Å². The Balaban J connectivity index is 2.46. The van der Waals surface area contributed by atoms with Crippen molar-refractivity contribution in [3.05, 3.63) is 52.0 Å². The SMILES string of the molecule is COc1cc(Br)c(C(O)c2cncc(F)c2)cc1OC. The number of hydrogen-bond acceptors (Lipinski definition) is 4. The van der Waals surface area contributed by atoms with Gasteiger partial charge >= 0.3 is 0 Å². The number of aromatic nitrogens is 1. The van der Waals surface area contributed by atoms with Gasteiger partial charge in [0, 0.05) is 21.8 Å². The standard InChI is InChI=1S/C14H13BrFNO3/c1-19-12-4-10(11(15)5-13(12)20-2)14(18)8-3-9(16)7-17-6-8/h3-7,14,18H,1-2H3. The Hall–Kier alpha value is -1.66. The average Bonchev–Trinajstić information content (AvgIpc) is 2.46.